The van der Waals surface area contributed by atoms with Crippen LogP contribution in [0.25, 0.3) is 0 Å². The summed E-state index contributed by atoms with van der Waals surface area (Å²) in [5, 5.41) is 10.9. The number of carbonyl (C=O) groups is 2. The van der Waals surface area contributed by atoms with Crippen LogP contribution in [0.15, 0.2) is 0 Å². The van der Waals surface area contributed by atoms with E-state index >= 15 is 0 Å². The predicted molar refractivity (Wildman–Crippen MR) is 67.3 cm³/mol. The van der Waals surface area contributed by atoms with Gasteiger partial charge in [0.1, 0.15) is 13.1 Å². The molecule has 8 heteroatoms. The van der Waals surface area contributed by atoms with E-state index in [1.807, 2.05) is 13.8 Å². The van der Waals surface area contributed by atoms with Gasteiger partial charge in [-0.2, -0.15) is 13.2 Å². The number of rotatable bonds is 7. The summed E-state index contributed by atoms with van der Waals surface area (Å²) in [5.74, 6) is -1.07. The van der Waals surface area contributed by atoms with Gasteiger partial charge >= 0.3 is 18.2 Å². The van der Waals surface area contributed by atoms with Gasteiger partial charge in [-0.15, -0.1) is 0 Å². The zero-order valence-electron chi connectivity index (χ0n) is 11.8. The molecule has 1 unspecified atom stereocenters. The number of hydrogen-bond acceptors (Lipinski definition) is 2. The first-order valence-electron chi connectivity index (χ1n) is 6.35. The Morgan fingerprint density at radius 1 is 1.20 bits per heavy atom. The van der Waals surface area contributed by atoms with Crippen molar-refractivity contribution in [3.05, 3.63) is 0 Å². The lowest BCUT2D eigenvalue weighted by Crippen LogP contribution is -2.49. The molecular formula is C12H21F3N2O3. The molecule has 0 spiro atoms. The number of carboxylic acid groups (broad SMARTS) is 1. The number of hydrogen-bond donors (Lipinski definition) is 2. The summed E-state index contributed by atoms with van der Waals surface area (Å²) in [6, 6.07) is -1.32. The van der Waals surface area contributed by atoms with Crippen molar-refractivity contribution in [2.24, 2.45) is 5.92 Å². The van der Waals surface area contributed by atoms with E-state index < -0.39 is 31.3 Å². The quantitative estimate of drug-likeness (QED) is 0.758. The van der Waals surface area contributed by atoms with E-state index in [1.165, 1.54) is 0 Å². The van der Waals surface area contributed by atoms with Crippen LogP contribution in [0.2, 0.25) is 0 Å². The highest BCUT2D eigenvalue weighted by molar-refractivity contribution is 5.80. The number of aliphatic carboxylic acids is 1. The van der Waals surface area contributed by atoms with Crippen LogP contribution in [0.4, 0.5) is 18.0 Å². The van der Waals surface area contributed by atoms with E-state index in [9.17, 15) is 22.8 Å². The molecule has 0 aromatic rings. The van der Waals surface area contributed by atoms with Gasteiger partial charge < -0.3 is 15.3 Å². The summed E-state index contributed by atoms with van der Waals surface area (Å²) in [5.41, 5.74) is 0. The van der Waals surface area contributed by atoms with Gasteiger partial charge in [-0.05, 0) is 25.7 Å². The van der Waals surface area contributed by atoms with Crippen molar-refractivity contribution < 1.29 is 27.9 Å². The largest absolute Gasteiger partial charge is 0.480 e. The zero-order valence-corrected chi connectivity index (χ0v) is 11.8. The Balaban J connectivity index is 4.50. The Morgan fingerprint density at radius 3 is 2.15 bits per heavy atom. The molecule has 0 aliphatic heterocycles. The number of carboxylic acids is 1. The van der Waals surface area contributed by atoms with E-state index in [4.69, 9.17) is 5.11 Å². The van der Waals surface area contributed by atoms with Crippen molar-refractivity contribution in [2.75, 3.05) is 13.1 Å². The summed E-state index contributed by atoms with van der Waals surface area (Å²) in [6.45, 7) is 3.10. The third-order valence-electron chi connectivity index (χ3n) is 2.53. The first kappa shape index (κ1) is 18.5. The Bertz CT molecular complexity index is 332. The van der Waals surface area contributed by atoms with Gasteiger partial charge in [0, 0.05) is 6.04 Å². The van der Waals surface area contributed by atoms with Gasteiger partial charge in [0.15, 0.2) is 0 Å². The Hall–Kier alpha value is -1.47. The number of amides is 2. The first-order valence-corrected chi connectivity index (χ1v) is 6.35. The van der Waals surface area contributed by atoms with Crippen LogP contribution in [0.3, 0.4) is 0 Å². The van der Waals surface area contributed by atoms with Crippen LogP contribution in [-0.4, -0.2) is 47.3 Å². The van der Waals surface area contributed by atoms with Crippen molar-refractivity contribution in [3.63, 3.8) is 0 Å². The van der Waals surface area contributed by atoms with E-state index in [-0.39, 0.29) is 10.9 Å². The Morgan fingerprint density at radius 2 is 1.75 bits per heavy atom. The molecule has 0 rings (SSSR count). The second kappa shape index (κ2) is 7.96. The summed E-state index contributed by atoms with van der Waals surface area (Å²) in [7, 11) is 0. The number of urea groups is 1. The molecule has 0 radical (unpaired) electrons. The summed E-state index contributed by atoms with van der Waals surface area (Å²) in [6.07, 6.45) is -3.19. The summed E-state index contributed by atoms with van der Waals surface area (Å²) in [4.78, 5) is 22.4. The fraction of sp³-hybridized carbons (Fsp3) is 0.833. The van der Waals surface area contributed by atoms with Crippen molar-refractivity contribution >= 4 is 12.0 Å². The SMILES string of the molecule is CC(C)CCC(C)NC(=O)N(CC(=O)O)CC(F)(F)F. The average molecular weight is 298 g/mol. The molecule has 0 fully saturated rings. The lowest BCUT2D eigenvalue weighted by molar-refractivity contribution is -0.149. The molecule has 0 aromatic carbocycles. The van der Waals surface area contributed by atoms with Gasteiger partial charge in [0.25, 0.3) is 0 Å². The van der Waals surface area contributed by atoms with Crippen LogP contribution in [-0.2, 0) is 4.79 Å². The molecule has 0 aliphatic rings. The highest BCUT2D eigenvalue weighted by Gasteiger charge is 2.34. The molecule has 1 atom stereocenters. The minimum Gasteiger partial charge on any atom is -0.480 e. The number of alkyl halides is 3. The van der Waals surface area contributed by atoms with E-state index in [2.05, 4.69) is 5.32 Å². The number of nitrogens with zero attached hydrogens (tertiary/aromatic N) is 1. The molecule has 2 N–H and O–H groups in total. The van der Waals surface area contributed by atoms with E-state index in [0.29, 0.717) is 12.3 Å². The molecule has 5 nitrogen and oxygen atoms in total. The molecule has 0 saturated heterocycles. The molecular weight excluding hydrogens is 277 g/mol. The fourth-order valence-corrected chi connectivity index (χ4v) is 1.54. The van der Waals surface area contributed by atoms with Crippen LogP contribution >= 0.6 is 0 Å². The standard InChI is InChI=1S/C12H21F3N2O3/c1-8(2)4-5-9(3)16-11(20)17(6-10(18)19)7-12(13,14)15/h8-9H,4-7H2,1-3H3,(H,16,20)(H,18,19). The molecule has 0 bridgehead atoms. The maximum atomic E-state index is 12.3. The fourth-order valence-electron chi connectivity index (χ4n) is 1.54. The normalized spacial score (nSPS) is 13.2. The number of carbonyl (C=O) groups excluding carboxylic acids is 1. The molecule has 20 heavy (non-hydrogen) atoms. The van der Waals surface area contributed by atoms with Gasteiger partial charge in [-0.1, -0.05) is 13.8 Å². The van der Waals surface area contributed by atoms with Crippen molar-refractivity contribution in [1.82, 2.24) is 10.2 Å². The molecule has 0 heterocycles. The average Bonchev–Trinajstić information content (AvgIpc) is 2.22. The van der Waals surface area contributed by atoms with E-state index in [0.717, 1.165) is 6.42 Å². The minimum absolute atomic E-state index is 0.244. The highest BCUT2D eigenvalue weighted by Crippen LogP contribution is 2.16. The summed E-state index contributed by atoms with van der Waals surface area (Å²) < 4.78 is 36.9. The number of halogens is 3. The van der Waals surface area contributed by atoms with Crippen LogP contribution in [0.5, 0.6) is 0 Å². The first-order chi connectivity index (χ1) is 9.01. The van der Waals surface area contributed by atoms with Gasteiger partial charge in [0.05, 0.1) is 0 Å². The van der Waals surface area contributed by atoms with Crippen LogP contribution in [0, 0.1) is 5.92 Å². The van der Waals surface area contributed by atoms with Crippen molar-refractivity contribution in [1.29, 1.82) is 0 Å². The third-order valence-corrected chi connectivity index (χ3v) is 2.53. The third kappa shape index (κ3) is 9.46. The molecule has 0 aromatic heterocycles. The second-order valence-electron chi connectivity index (χ2n) is 5.19. The number of nitrogens with one attached hydrogen (secondary N) is 1. The van der Waals surface area contributed by atoms with Gasteiger partial charge in [-0.25, -0.2) is 4.79 Å². The predicted octanol–water partition coefficient (Wildman–Crippen LogP) is 2.47. The molecule has 118 valence electrons. The monoisotopic (exact) mass is 298 g/mol. The maximum absolute atomic E-state index is 12.3. The molecule has 2 amide bonds. The topological polar surface area (TPSA) is 69.6 Å². The lowest BCUT2D eigenvalue weighted by Gasteiger charge is -2.25. The smallest absolute Gasteiger partial charge is 0.406 e. The van der Waals surface area contributed by atoms with Crippen LogP contribution in [0.1, 0.15) is 33.6 Å². The van der Waals surface area contributed by atoms with Crippen molar-refractivity contribution in [3.8, 4) is 0 Å². The Kier molecular flexibility index (Phi) is 7.38. The minimum atomic E-state index is -4.63. The molecule has 0 saturated carbocycles. The van der Waals surface area contributed by atoms with Gasteiger partial charge in [-0.3, -0.25) is 4.79 Å². The molecule has 0 aliphatic carbocycles. The zero-order chi connectivity index (χ0) is 15.9. The van der Waals surface area contributed by atoms with E-state index in [1.54, 1.807) is 6.92 Å². The Labute approximate surface area is 116 Å². The second-order valence-corrected chi connectivity index (χ2v) is 5.19. The summed E-state index contributed by atoms with van der Waals surface area (Å²) >= 11 is 0. The van der Waals surface area contributed by atoms with Crippen LogP contribution < -0.4 is 5.32 Å². The highest BCUT2D eigenvalue weighted by atomic mass is 19.4. The van der Waals surface area contributed by atoms with Gasteiger partial charge in [0.2, 0.25) is 0 Å². The maximum Gasteiger partial charge on any atom is 0.406 e. The lowest BCUT2D eigenvalue weighted by atomic mass is 10.0. The van der Waals surface area contributed by atoms with Crippen molar-refractivity contribution in [2.45, 2.75) is 45.8 Å².